The van der Waals surface area contributed by atoms with E-state index in [9.17, 15) is 4.79 Å². The number of ketones is 1. The van der Waals surface area contributed by atoms with Gasteiger partial charge in [-0.05, 0) is 50.7 Å². The fourth-order valence-electron chi connectivity index (χ4n) is 2.93. The lowest BCUT2D eigenvalue weighted by Crippen LogP contribution is -2.30. The van der Waals surface area contributed by atoms with E-state index in [1.807, 2.05) is 6.92 Å². The average molecular weight is 216 g/mol. The van der Waals surface area contributed by atoms with Gasteiger partial charge in [-0.15, -0.1) is 0 Å². The van der Waals surface area contributed by atoms with Crippen molar-refractivity contribution in [2.45, 2.75) is 40.0 Å². The lowest BCUT2D eigenvalue weighted by Gasteiger charge is -2.41. The summed E-state index contributed by atoms with van der Waals surface area (Å²) < 4.78 is 0. The number of rotatable bonds is 1. The molecule has 1 saturated carbocycles. The minimum absolute atomic E-state index is 0.129. The highest BCUT2D eigenvalue weighted by Gasteiger charge is 2.37. The van der Waals surface area contributed by atoms with Gasteiger partial charge in [-0.1, -0.05) is 30.7 Å². The van der Waals surface area contributed by atoms with Crippen LogP contribution < -0.4 is 0 Å². The van der Waals surface area contributed by atoms with Crippen molar-refractivity contribution in [1.29, 1.82) is 0 Å². The Labute approximate surface area is 97.9 Å². The Kier molecular flexibility index (Phi) is 2.65. The summed E-state index contributed by atoms with van der Waals surface area (Å²) in [7, 11) is 0. The molecule has 1 nitrogen and oxygen atoms in total. The largest absolute Gasteiger partial charge is 0.290 e. The first-order valence-electron chi connectivity index (χ1n) is 6.03. The second kappa shape index (κ2) is 3.73. The highest BCUT2D eigenvalue weighted by molar-refractivity contribution is 6.05. The summed E-state index contributed by atoms with van der Waals surface area (Å²) in [5.41, 5.74) is 3.70. The van der Waals surface area contributed by atoms with Crippen molar-refractivity contribution < 1.29 is 4.79 Å². The molecular formula is C15H20O. The third-order valence-electron chi connectivity index (χ3n) is 4.27. The van der Waals surface area contributed by atoms with Crippen LogP contribution in [-0.4, -0.2) is 5.78 Å². The van der Waals surface area contributed by atoms with Crippen molar-refractivity contribution in [3.63, 3.8) is 0 Å². The lowest BCUT2D eigenvalue weighted by atomic mass is 9.63. The summed E-state index contributed by atoms with van der Waals surface area (Å²) in [4.78, 5) is 11.7. The molecule has 0 saturated heterocycles. The molecule has 2 atom stereocenters. The van der Waals surface area contributed by atoms with Gasteiger partial charge in [0.25, 0.3) is 0 Å². The van der Waals surface area contributed by atoms with Crippen molar-refractivity contribution in [1.82, 2.24) is 0 Å². The van der Waals surface area contributed by atoms with Crippen LogP contribution in [0.3, 0.4) is 0 Å². The number of hydrogen-bond acceptors (Lipinski definition) is 1. The van der Waals surface area contributed by atoms with Gasteiger partial charge in [-0.2, -0.15) is 0 Å². The van der Waals surface area contributed by atoms with Crippen molar-refractivity contribution in [3.05, 3.63) is 35.5 Å². The Morgan fingerprint density at radius 2 is 2.25 bits per heavy atom. The van der Waals surface area contributed by atoms with E-state index in [0.717, 1.165) is 18.4 Å². The third kappa shape index (κ3) is 1.68. The van der Waals surface area contributed by atoms with Crippen LogP contribution in [0.5, 0.6) is 0 Å². The molecule has 0 aromatic heterocycles. The van der Waals surface area contributed by atoms with E-state index in [2.05, 4.69) is 26.5 Å². The van der Waals surface area contributed by atoms with Crippen LogP contribution in [0, 0.1) is 11.3 Å². The fraction of sp³-hybridized carbons (Fsp3) is 0.533. The first-order valence-corrected chi connectivity index (χ1v) is 6.03. The molecule has 0 aromatic rings. The number of hydrogen-bond donors (Lipinski definition) is 0. The summed E-state index contributed by atoms with van der Waals surface area (Å²) in [6, 6.07) is 0. The molecule has 0 N–H and O–H groups in total. The van der Waals surface area contributed by atoms with Gasteiger partial charge in [0.2, 0.25) is 0 Å². The first-order chi connectivity index (χ1) is 7.44. The van der Waals surface area contributed by atoms with Crippen LogP contribution in [-0.2, 0) is 4.79 Å². The molecule has 0 aromatic carbocycles. The van der Waals surface area contributed by atoms with Gasteiger partial charge in [0.05, 0.1) is 0 Å². The standard InChI is InChI=1S/C15H20O/c1-10(2)12-5-7-15(4)8-6-14(16)11(3)13(15)9-12/h6,8,12H,1,5,7,9H2,2-4H3. The van der Waals surface area contributed by atoms with Gasteiger partial charge in [-0.3, -0.25) is 4.79 Å². The number of fused-ring (bicyclic) bond motifs is 1. The van der Waals surface area contributed by atoms with E-state index in [1.165, 1.54) is 17.6 Å². The zero-order chi connectivity index (χ0) is 11.9. The molecule has 1 fully saturated rings. The van der Waals surface area contributed by atoms with Crippen molar-refractivity contribution >= 4 is 5.78 Å². The number of allylic oxidation sites excluding steroid dienone is 5. The minimum atomic E-state index is 0.129. The Hall–Kier alpha value is -1.11. The van der Waals surface area contributed by atoms with Crippen LogP contribution in [0.15, 0.2) is 35.5 Å². The van der Waals surface area contributed by atoms with E-state index < -0.39 is 0 Å². The fourth-order valence-corrected chi connectivity index (χ4v) is 2.93. The van der Waals surface area contributed by atoms with Gasteiger partial charge in [-0.25, -0.2) is 0 Å². The topological polar surface area (TPSA) is 17.1 Å². The Balaban J connectivity index is 2.37. The van der Waals surface area contributed by atoms with Gasteiger partial charge in [0, 0.05) is 5.41 Å². The molecule has 0 bridgehead atoms. The summed E-state index contributed by atoms with van der Waals surface area (Å²) >= 11 is 0. The second-order valence-corrected chi connectivity index (χ2v) is 5.50. The van der Waals surface area contributed by atoms with Gasteiger partial charge < -0.3 is 0 Å². The lowest BCUT2D eigenvalue weighted by molar-refractivity contribution is -0.111. The molecule has 86 valence electrons. The maximum Gasteiger partial charge on any atom is 0.181 e. The molecule has 0 aliphatic heterocycles. The Morgan fingerprint density at radius 3 is 2.88 bits per heavy atom. The molecule has 2 aliphatic carbocycles. The van der Waals surface area contributed by atoms with Gasteiger partial charge >= 0.3 is 0 Å². The zero-order valence-electron chi connectivity index (χ0n) is 10.5. The summed E-state index contributed by atoms with van der Waals surface area (Å²) in [6.45, 7) is 10.4. The van der Waals surface area contributed by atoms with E-state index in [-0.39, 0.29) is 11.2 Å². The van der Waals surface area contributed by atoms with Crippen LogP contribution >= 0.6 is 0 Å². The highest BCUT2D eigenvalue weighted by Crippen LogP contribution is 2.48. The van der Waals surface area contributed by atoms with Crippen molar-refractivity contribution in [3.8, 4) is 0 Å². The van der Waals surface area contributed by atoms with Gasteiger partial charge in [0.15, 0.2) is 5.78 Å². The van der Waals surface area contributed by atoms with Gasteiger partial charge in [0.1, 0.15) is 0 Å². The van der Waals surface area contributed by atoms with Crippen molar-refractivity contribution in [2.24, 2.45) is 11.3 Å². The van der Waals surface area contributed by atoms with Crippen LogP contribution in [0.1, 0.15) is 40.0 Å². The summed E-state index contributed by atoms with van der Waals surface area (Å²) in [5.74, 6) is 0.757. The predicted molar refractivity (Wildman–Crippen MR) is 67.1 cm³/mol. The van der Waals surface area contributed by atoms with E-state index in [0.29, 0.717) is 5.92 Å². The number of carbonyl (C=O) groups is 1. The normalized spacial score (nSPS) is 33.9. The molecule has 2 aliphatic rings. The zero-order valence-corrected chi connectivity index (χ0v) is 10.5. The van der Waals surface area contributed by atoms with E-state index in [1.54, 1.807) is 6.08 Å². The maximum absolute atomic E-state index is 11.7. The molecule has 0 radical (unpaired) electrons. The maximum atomic E-state index is 11.7. The van der Waals surface area contributed by atoms with Crippen molar-refractivity contribution in [2.75, 3.05) is 0 Å². The molecule has 0 amide bonds. The monoisotopic (exact) mass is 216 g/mol. The average Bonchev–Trinajstić information content (AvgIpc) is 2.24. The third-order valence-corrected chi connectivity index (χ3v) is 4.27. The quantitative estimate of drug-likeness (QED) is 0.609. The summed E-state index contributed by atoms with van der Waals surface area (Å²) in [5, 5.41) is 0. The first kappa shape index (κ1) is 11.4. The molecule has 16 heavy (non-hydrogen) atoms. The Morgan fingerprint density at radius 1 is 1.56 bits per heavy atom. The number of carbonyl (C=O) groups excluding carboxylic acids is 1. The molecule has 0 heterocycles. The second-order valence-electron chi connectivity index (χ2n) is 5.50. The minimum Gasteiger partial charge on any atom is -0.290 e. The smallest absolute Gasteiger partial charge is 0.181 e. The molecule has 0 spiro atoms. The summed E-state index contributed by atoms with van der Waals surface area (Å²) in [6.07, 6.45) is 7.21. The van der Waals surface area contributed by atoms with E-state index >= 15 is 0 Å². The highest BCUT2D eigenvalue weighted by atomic mass is 16.1. The molecule has 2 rings (SSSR count). The molecular weight excluding hydrogens is 196 g/mol. The Bertz CT molecular complexity index is 411. The van der Waals surface area contributed by atoms with Crippen LogP contribution in [0.4, 0.5) is 0 Å². The molecule has 2 unspecified atom stereocenters. The van der Waals surface area contributed by atoms with E-state index in [4.69, 9.17) is 0 Å². The predicted octanol–water partition coefficient (Wildman–Crippen LogP) is 3.82. The van der Waals surface area contributed by atoms with Crippen LogP contribution in [0.2, 0.25) is 0 Å². The SMILES string of the molecule is C=C(C)C1CCC2(C)C=CC(=O)C(C)=C2C1. The van der Waals surface area contributed by atoms with Crippen LogP contribution in [0.25, 0.3) is 0 Å². The molecule has 1 heteroatoms.